The van der Waals surface area contributed by atoms with Gasteiger partial charge in [0.05, 0.1) is 27.3 Å². The first-order valence-corrected chi connectivity index (χ1v) is 13.6. The number of thioether (sulfide) groups is 1. The van der Waals surface area contributed by atoms with Gasteiger partial charge in [-0.05, 0) is 44.2 Å². The summed E-state index contributed by atoms with van der Waals surface area (Å²) >= 11 is 8.17. The highest BCUT2D eigenvalue weighted by molar-refractivity contribution is 8.02. The van der Waals surface area contributed by atoms with Gasteiger partial charge in [0.2, 0.25) is 5.91 Å². The van der Waals surface area contributed by atoms with E-state index in [-0.39, 0.29) is 36.8 Å². The molecule has 1 spiro atoms. The molecular formula is C27H33ClN2O5S. The molecule has 5 atom stereocenters. The number of benzene rings is 1. The normalized spacial score (nSPS) is 28.2. The molecule has 0 aliphatic carbocycles. The number of amides is 2. The van der Waals surface area contributed by atoms with Crippen LogP contribution in [0.25, 0.3) is 0 Å². The molecule has 2 amide bonds. The zero-order valence-electron chi connectivity index (χ0n) is 20.5. The van der Waals surface area contributed by atoms with Crippen LogP contribution in [0.1, 0.15) is 31.2 Å². The molecule has 0 radical (unpaired) electrons. The Bertz CT molecular complexity index is 1040. The number of halogens is 1. The average Bonchev–Trinajstić information content (AvgIpc) is 3.49. The number of likely N-dealkylation sites (tertiary alicyclic amines) is 1. The van der Waals surface area contributed by atoms with Crippen molar-refractivity contribution in [1.29, 1.82) is 0 Å². The number of nitrogens with zero attached hydrogens (tertiary/aromatic N) is 2. The van der Waals surface area contributed by atoms with E-state index >= 15 is 0 Å². The van der Waals surface area contributed by atoms with E-state index in [9.17, 15) is 19.5 Å². The number of aryl methyl sites for hydroxylation is 1. The minimum atomic E-state index is -0.753. The van der Waals surface area contributed by atoms with Crippen LogP contribution in [0.4, 0.5) is 5.69 Å². The summed E-state index contributed by atoms with van der Waals surface area (Å²) in [6.45, 7) is 10.0. The third-order valence-corrected chi connectivity index (χ3v) is 9.75. The third kappa shape index (κ3) is 4.37. The first-order chi connectivity index (χ1) is 17.3. The molecule has 7 nitrogen and oxygen atoms in total. The Morgan fingerprint density at radius 2 is 2.11 bits per heavy atom. The van der Waals surface area contributed by atoms with Gasteiger partial charge < -0.3 is 19.6 Å². The second-order valence-electron chi connectivity index (χ2n) is 9.58. The topological polar surface area (TPSA) is 87.2 Å². The van der Waals surface area contributed by atoms with Gasteiger partial charge in [0.15, 0.2) is 0 Å². The van der Waals surface area contributed by atoms with Crippen molar-refractivity contribution < 1.29 is 24.2 Å². The van der Waals surface area contributed by atoms with Crippen molar-refractivity contribution in [2.75, 3.05) is 31.2 Å². The fraction of sp³-hybridized carbons (Fsp3) is 0.519. The predicted molar refractivity (Wildman–Crippen MR) is 142 cm³/mol. The van der Waals surface area contributed by atoms with E-state index in [0.29, 0.717) is 36.5 Å². The monoisotopic (exact) mass is 532 g/mol. The lowest BCUT2D eigenvalue weighted by Crippen LogP contribution is -2.55. The number of rotatable bonds is 11. The minimum absolute atomic E-state index is 0.00392. The Balaban J connectivity index is 1.77. The Kier molecular flexibility index (Phi) is 8.17. The number of ether oxygens (including phenoxy) is 1. The Morgan fingerprint density at radius 1 is 1.33 bits per heavy atom. The van der Waals surface area contributed by atoms with Gasteiger partial charge in [-0.2, -0.15) is 0 Å². The number of aliphatic hydroxyl groups excluding tert-OH is 1. The van der Waals surface area contributed by atoms with E-state index in [1.807, 2.05) is 19.1 Å². The van der Waals surface area contributed by atoms with E-state index in [1.165, 1.54) is 6.08 Å². The van der Waals surface area contributed by atoms with Gasteiger partial charge in [-0.15, -0.1) is 18.3 Å². The zero-order chi connectivity index (χ0) is 26.0. The van der Waals surface area contributed by atoms with Crippen molar-refractivity contribution >= 4 is 46.8 Å². The van der Waals surface area contributed by atoms with Crippen molar-refractivity contribution in [1.82, 2.24) is 4.90 Å². The number of para-hydroxylation sites is 1. The van der Waals surface area contributed by atoms with Gasteiger partial charge in [-0.25, -0.2) is 0 Å². The van der Waals surface area contributed by atoms with Crippen LogP contribution >= 0.6 is 23.4 Å². The van der Waals surface area contributed by atoms with Crippen molar-refractivity contribution in [3.8, 4) is 0 Å². The highest BCUT2D eigenvalue weighted by atomic mass is 35.5. The van der Waals surface area contributed by atoms with Gasteiger partial charge >= 0.3 is 5.97 Å². The van der Waals surface area contributed by atoms with E-state index in [4.69, 9.17) is 16.3 Å². The molecule has 0 aromatic heterocycles. The van der Waals surface area contributed by atoms with E-state index in [0.717, 1.165) is 12.0 Å². The number of fused-ring (bicyclic) bond motifs is 1. The second-order valence-corrected chi connectivity index (χ2v) is 11.6. The maximum absolute atomic E-state index is 14.4. The summed E-state index contributed by atoms with van der Waals surface area (Å²) in [6.07, 6.45) is 5.64. The van der Waals surface area contributed by atoms with E-state index in [1.54, 1.807) is 33.7 Å². The third-order valence-electron chi connectivity index (χ3n) is 7.49. The summed E-state index contributed by atoms with van der Waals surface area (Å²) in [5.41, 5.74) is 1.45. The van der Waals surface area contributed by atoms with Crippen LogP contribution in [0.2, 0.25) is 5.02 Å². The summed E-state index contributed by atoms with van der Waals surface area (Å²) in [6, 6.07) is 4.72. The number of carbonyl (C=O) groups excluding carboxylic acids is 3. The van der Waals surface area contributed by atoms with Crippen molar-refractivity contribution in [2.24, 2.45) is 11.8 Å². The first-order valence-electron chi connectivity index (χ1n) is 12.4. The van der Waals surface area contributed by atoms with E-state index < -0.39 is 28.6 Å². The molecule has 3 saturated heterocycles. The predicted octanol–water partition coefficient (Wildman–Crippen LogP) is 3.76. The SMILES string of the molecule is C=CCOC(=O)[C@@H]1[C@@H]2CCC3(S2)C(C(=O)N(CC=C)c2c(C)cccc2Cl)N(CCCCO)C(=O)[C@H]13. The smallest absolute Gasteiger partial charge is 0.311 e. The van der Waals surface area contributed by atoms with Crippen molar-refractivity contribution in [2.45, 2.75) is 48.6 Å². The minimum Gasteiger partial charge on any atom is -0.461 e. The molecule has 9 heteroatoms. The summed E-state index contributed by atoms with van der Waals surface area (Å²) in [5.74, 6) is -2.03. The molecule has 1 N–H and O–H groups in total. The maximum atomic E-state index is 14.4. The number of carbonyl (C=O) groups is 3. The molecule has 194 valence electrons. The molecule has 3 fully saturated rings. The molecule has 1 aromatic rings. The van der Waals surface area contributed by atoms with Gasteiger partial charge in [-0.1, -0.05) is 42.5 Å². The molecule has 2 bridgehead atoms. The fourth-order valence-corrected chi connectivity index (χ4v) is 8.63. The number of anilines is 1. The second kappa shape index (κ2) is 11.0. The number of hydrogen-bond donors (Lipinski definition) is 1. The Hall–Kier alpha value is -2.29. The largest absolute Gasteiger partial charge is 0.461 e. The Labute approximate surface area is 221 Å². The highest BCUT2D eigenvalue weighted by Gasteiger charge is 2.74. The molecule has 3 aliphatic heterocycles. The molecule has 0 saturated carbocycles. The van der Waals surface area contributed by atoms with Crippen molar-refractivity contribution in [3.05, 3.63) is 54.1 Å². The van der Waals surface area contributed by atoms with Gasteiger partial charge in [0.25, 0.3) is 5.91 Å². The highest BCUT2D eigenvalue weighted by Crippen LogP contribution is 2.66. The molecule has 4 rings (SSSR count). The lowest BCUT2D eigenvalue weighted by Gasteiger charge is -2.37. The molecule has 3 heterocycles. The molecule has 1 aromatic carbocycles. The quantitative estimate of drug-likeness (QED) is 0.265. The fourth-order valence-electron chi connectivity index (χ4n) is 6.11. The summed E-state index contributed by atoms with van der Waals surface area (Å²) in [7, 11) is 0. The zero-order valence-corrected chi connectivity index (χ0v) is 22.1. The maximum Gasteiger partial charge on any atom is 0.311 e. The average molecular weight is 533 g/mol. The van der Waals surface area contributed by atoms with E-state index in [2.05, 4.69) is 13.2 Å². The van der Waals surface area contributed by atoms with Crippen LogP contribution in [-0.4, -0.2) is 70.1 Å². The molecular weight excluding hydrogens is 500 g/mol. The number of esters is 1. The lowest BCUT2D eigenvalue weighted by atomic mass is 9.71. The van der Waals surface area contributed by atoms with Crippen LogP contribution in [-0.2, 0) is 19.1 Å². The standard InChI is InChI=1S/C27H33ClN2O5S/c1-4-13-29(22-17(3)9-8-10-18(22)28)25(33)23-27-12-11-19(36-27)20(26(34)35-16-5-2)21(27)24(32)30(23)14-6-7-15-31/h4-5,8-10,19-21,23,31H,1-2,6-7,11-16H2,3H3/t19-,20+,21-,23?,27?/m0/s1. The van der Waals surface area contributed by atoms with Gasteiger partial charge in [0.1, 0.15) is 12.6 Å². The van der Waals surface area contributed by atoms with Gasteiger partial charge in [0, 0.05) is 24.9 Å². The van der Waals surface area contributed by atoms with Crippen LogP contribution in [0.15, 0.2) is 43.5 Å². The first kappa shape index (κ1) is 26.8. The lowest BCUT2D eigenvalue weighted by molar-refractivity contribution is -0.153. The molecule has 3 aliphatic rings. The summed E-state index contributed by atoms with van der Waals surface area (Å²) in [4.78, 5) is 44.7. The number of hydrogen-bond acceptors (Lipinski definition) is 6. The summed E-state index contributed by atoms with van der Waals surface area (Å²) in [5, 5.41) is 9.71. The number of unbranched alkanes of at least 4 members (excludes halogenated alkanes) is 1. The Morgan fingerprint density at radius 3 is 2.78 bits per heavy atom. The summed E-state index contributed by atoms with van der Waals surface area (Å²) < 4.78 is 4.68. The number of aliphatic hydroxyl groups is 1. The van der Waals surface area contributed by atoms with Gasteiger partial charge in [-0.3, -0.25) is 14.4 Å². The van der Waals surface area contributed by atoms with Crippen LogP contribution in [0, 0.1) is 18.8 Å². The molecule has 2 unspecified atom stereocenters. The van der Waals surface area contributed by atoms with Crippen LogP contribution < -0.4 is 4.90 Å². The van der Waals surface area contributed by atoms with Crippen LogP contribution in [0.3, 0.4) is 0 Å². The molecule has 36 heavy (non-hydrogen) atoms. The van der Waals surface area contributed by atoms with Crippen molar-refractivity contribution in [3.63, 3.8) is 0 Å². The van der Waals surface area contributed by atoms with Crippen LogP contribution in [0.5, 0.6) is 0 Å².